The molecule has 1 fully saturated rings. The number of hydrogen-bond acceptors (Lipinski definition) is 4. The zero-order valence-corrected chi connectivity index (χ0v) is 16.3. The van der Waals surface area contributed by atoms with Crippen molar-refractivity contribution in [3.8, 4) is 0 Å². The van der Waals surface area contributed by atoms with E-state index in [1.165, 1.54) is 0 Å². The van der Waals surface area contributed by atoms with Crippen LogP contribution in [0.5, 0.6) is 0 Å². The zero-order valence-electron chi connectivity index (χ0n) is 14.7. The number of rotatable bonds is 6. The van der Waals surface area contributed by atoms with E-state index in [1.807, 2.05) is 25.1 Å². The molecule has 0 unspecified atom stereocenters. The van der Waals surface area contributed by atoms with Crippen molar-refractivity contribution in [1.82, 2.24) is 14.9 Å². The molecule has 0 atom stereocenters. The van der Waals surface area contributed by atoms with E-state index in [1.54, 1.807) is 0 Å². The number of nitrogens with one attached hydrogen (secondary N) is 2. The summed E-state index contributed by atoms with van der Waals surface area (Å²) in [6, 6.07) is 7.89. The molecule has 0 radical (unpaired) electrons. The van der Waals surface area contributed by atoms with Crippen molar-refractivity contribution in [3.05, 3.63) is 29.3 Å². The highest BCUT2D eigenvalue weighted by Crippen LogP contribution is 2.20. The number of anilines is 1. The molecule has 1 aliphatic heterocycles. The first-order valence-corrected chi connectivity index (χ1v) is 10.6. The summed E-state index contributed by atoms with van der Waals surface area (Å²) >= 11 is 6.07. The van der Waals surface area contributed by atoms with Gasteiger partial charge in [-0.2, -0.15) is 0 Å². The van der Waals surface area contributed by atoms with Gasteiger partial charge in [-0.1, -0.05) is 17.7 Å². The topological polar surface area (TPSA) is 77.0 Å². The summed E-state index contributed by atoms with van der Waals surface area (Å²) in [5.41, 5.74) is 1.13. The fourth-order valence-electron chi connectivity index (χ4n) is 2.67. The number of halogens is 1. The van der Waals surface area contributed by atoms with E-state index < -0.39 is 10.0 Å². The highest BCUT2D eigenvalue weighted by molar-refractivity contribution is 7.88. The molecule has 0 aromatic heterocycles. The summed E-state index contributed by atoms with van der Waals surface area (Å²) in [4.78, 5) is 9.02. The normalized spacial score (nSPS) is 16.2. The lowest BCUT2D eigenvalue weighted by Crippen LogP contribution is -2.52. The Bertz CT molecular complexity index is 688. The minimum absolute atomic E-state index is 0.302. The second-order valence-corrected chi connectivity index (χ2v) is 8.13. The molecule has 1 aliphatic rings. The molecule has 2 N–H and O–H groups in total. The molecule has 1 aromatic rings. The quantitative estimate of drug-likeness (QED) is 0.432. The summed E-state index contributed by atoms with van der Waals surface area (Å²) in [7, 11) is -3.17. The van der Waals surface area contributed by atoms with Crippen molar-refractivity contribution < 1.29 is 8.42 Å². The molecule has 0 bridgehead atoms. The van der Waals surface area contributed by atoms with Gasteiger partial charge in [0.1, 0.15) is 0 Å². The van der Waals surface area contributed by atoms with Crippen molar-refractivity contribution in [2.24, 2.45) is 4.99 Å². The van der Waals surface area contributed by atoms with Gasteiger partial charge < -0.3 is 15.1 Å². The monoisotopic (exact) mass is 387 g/mol. The number of guanidine groups is 1. The molecule has 1 heterocycles. The molecule has 0 aliphatic carbocycles. The Morgan fingerprint density at radius 1 is 1.28 bits per heavy atom. The van der Waals surface area contributed by atoms with Crippen LogP contribution < -0.4 is 14.9 Å². The third-order valence-electron chi connectivity index (χ3n) is 3.83. The van der Waals surface area contributed by atoms with E-state index in [9.17, 15) is 8.42 Å². The molecule has 0 amide bonds. The number of benzene rings is 1. The number of aliphatic imine (C=N–C) groups is 1. The fraction of sp³-hybridized carbons (Fsp3) is 0.562. The van der Waals surface area contributed by atoms with Crippen molar-refractivity contribution >= 4 is 33.3 Å². The van der Waals surface area contributed by atoms with Gasteiger partial charge in [0.25, 0.3) is 0 Å². The van der Waals surface area contributed by atoms with Crippen LogP contribution in [0.1, 0.15) is 6.92 Å². The second-order valence-electron chi connectivity index (χ2n) is 5.86. The molecule has 1 saturated heterocycles. The van der Waals surface area contributed by atoms with Crippen LogP contribution in [0, 0.1) is 0 Å². The summed E-state index contributed by atoms with van der Waals surface area (Å²) in [5, 5.41) is 4.02. The van der Waals surface area contributed by atoms with Crippen molar-refractivity contribution in [3.63, 3.8) is 0 Å². The summed E-state index contributed by atoms with van der Waals surface area (Å²) in [5.74, 6) is 0.823. The van der Waals surface area contributed by atoms with Gasteiger partial charge in [0.2, 0.25) is 10.0 Å². The third kappa shape index (κ3) is 6.72. The van der Waals surface area contributed by atoms with Gasteiger partial charge >= 0.3 is 0 Å². The molecule has 0 spiro atoms. The Morgan fingerprint density at radius 3 is 2.60 bits per heavy atom. The number of piperazine rings is 1. The maximum absolute atomic E-state index is 11.1. The summed E-state index contributed by atoms with van der Waals surface area (Å²) < 4.78 is 24.6. The minimum atomic E-state index is -3.17. The first-order chi connectivity index (χ1) is 11.9. The third-order valence-corrected chi connectivity index (χ3v) is 4.79. The number of sulfonamides is 1. The van der Waals surface area contributed by atoms with Crippen LogP contribution in [0.25, 0.3) is 0 Å². The van der Waals surface area contributed by atoms with Gasteiger partial charge in [0.15, 0.2) is 5.96 Å². The van der Waals surface area contributed by atoms with E-state index in [-0.39, 0.29) is 0 Å². The largest absolute Gasteiger partial charge is 0.368 e. The average Bonchev–Trinajstić information content (AvgIpc) is 2.57. The number of nitrogens with zero attached hydrogens (tertiary/aromatic N) is 3. The molecule has 140 valence electrons. The lowest BCUT2D eigenvalue weighted by Gasteiger charge is -2.37. The Labute approximate surface area is 155 Å². The fourth-order valence-corrected chi connectivity index (χ4v) is 3.31. The Morgan fingerprint density at radius 2 is 2.00 bits per heavy atom. The SMILES string of the molecule is CCNC(=NCCNS(C)(=O)=O)N1CCN(c2cccc(Cl)c2)CC1. The van der Waals surface area contributed by atoms with Gasteiger partial charge in [0, 0.05) is 50.0 Å². The number of hydrogen-bond donors (Lipinski definition) is 2. The molecule has 0 saturated carbocycles. The van der Waals surface area contributed by atoms with E-state index in [4.69, 9.17) is 11.6 Å². The standard InChI is InChI=1S/C16H26ClN5O2S/c1-3-18-16(19-7-8-20-25(2,23)24)22-11-9-21(10-12-22)15-6-4-5-14(17)13-15/h4-6,13,20H,3,7-12H2,1-2H3,(H,18,19). The lowest BCUT2D eigenvalue weighted by atomic mass is 10.2. The first-order valence-electron chi connectivity index (χ1n) is 8.37. The van der Waals surface area contributed by atoms with Crippen LogP contribution in [0.2, 0.25) is 5.02 Å². The predicted molar refractivity (Wildman–Crippen MR) is 104 cm³/mol. The zero-order chi connectivity index (χ0) is 18.3. The van der Waals surface area contributed by atoms with E-state index in [0.29, 0.717) is 13.1 Å². The molecular weight excluding hydrogens is 362 g/mol. The molecular formula is C16H26ClN5O2S. The Kier molecular flexibility index (Phi) is 7.34. The minimum Gasteiger partial charge on any atom is -0.368 e. The maximum atomic E-state index is 11.1. The Balaban J connectivity index is 1.90. The first kappa shape index (κ1) is 19.8. The van der Waals surface area contributed by atoms with Gasteiger partial charge in [-0.25, -0.2) is 13.1 Å². The van der Waals surface area contributed by atoms with E-state index in [2.05, 4.69) is 30.9 Å². The molecule has 25 heavy (non-hydrogen) atoms. The van der Waals surface area contributed by atoms with Crippen LogP contribution in [0.15, 0.2) is 29.3 Å². The maximum Gasteiger partial charge on any atom is 0.208 e. The predicted octanol–water partition coefficient (Wildman–Crippen LogP) is 0.977. The van der Waals surface area contributed by atoms with Crippen molar-refractivity contribution in [1.29, 1.82) is 0 Å². The van der Waals surface area contributed by atoms with Crippen LogP contribution in [0.3, 0.4) is 0 Å². The molecule has 7 nitrogen and oxygen atoms in total. The van der Waals surface area contributed by atoms with Crippen LogP contribution in [-0.2, 0) is 10.0 Å². The Hall–Kier alpha value is -1.51. The second kappa shape index (κ2) is 9.26. The van der Waals surface area contributed by atoms with E-state index >= 15 is 0 Å². The molecule has 9 heteroatoms. The van der Waals surface area contributed by atoms with Crippen molar-refractivity contribution in [2.75, 3.05) is 57.0 Å². The smallest absolute Gasteiger partial charge is 0.208 e. The summed E-state index contributed by atoms with van der Waals surface area (Å²) in [6.45, 7) is 6.95. The molecule has 1 aromatic carbocycles. The lowest BCUT2D eigenvalue weighted by molar-refractivity contribution is 0.372. The molecule has 2 rings (SSSR count). The van der Waals surface area contributed by atoms with E-state index in [0.717, 1.165) is 55.6 Å². The van der Waals surface area contributed by atoms with Crippen molar-refractivity contribution in [2.45, 2.75) is 6.92 Å². The highest BCUT2D eigenvalue weighted by atomic mass is 35.5. The summed E-state index contributed by atoms with van der Waals surface area (Å²) in [6.07, 6.45) is 1.15. The van der Waals surface area contributed by atoms with Gasteiger partial charge in [-0.15, -0.1) is 0 Å². The average molecular weight is 388 g/mol. The van der Waals surface area contributed by atoms with Gasteiger partial charge in [0.05, 0.1) is 12.8 Å². The van der Waals surface area contributed by atoms with Crippen LogP contribution in [0.4, 0.5) is 5.69 Å². The van der Waals surface area contributed by atoms with Crippen LogP contribution in [-0.4, -0.2) is 71.3 Å². The van der Waals surface area contributed by atoms with Crippen LogP contribution >= 0.6 is 11.6 Å². The highest BCUT2D eigenvalue weighted by Gasteiger charge is 2.19. The van der Waals surface area contributed by atoms with Gasteiger partial charge in [-0.05, 0) is 25.1 Å². The van der Waals surface area contributed by atoms with Gasteiger partial charge in [-0.3, -0.25) is 4.99 Å².